The first-order valence-corrected chi connectivity index (χ1v) is 8.15. The highest BCUT2D eigenvalue weighted by Gasteiger charge is 2.30. The minimum atomic E-state index is 0.0758. The van der Waals surface area contributed by atoms with E-state index in [1.165, 1.54) is 30.8 Å². The molecule has 1 N–H and O–H groups in total. The number of ether oxygens (including phenoxy) is 1. The highest BCUT2D eigenvalue weighted by Crippen LogP contribution is 2.25. The Hall–Kier alpha value is -0.650. The van der Waals surface area contributed by atoms with Gasteiger partial charge in [0.25, 0.3) is 0 Å². The normalized spacial score (nSPS) is 29.0. The molecule has 2 fully saturated rings. The van der Waals surface area contributed by atoms with Gasteiger partial charge in [0.15, 0.2) is 5.13 Å². The van der Waals surface area contributed by atoms with Gasteiger partial charge in [-0.05, 0) is 32.6 Å². The van der Waals surface area contributed by atoms with Crippen LogP contribution in [0.5, 0.6) is 0 Å². The summed E-state index contributed by atoms with van der Waals surface area (Å²) in [5, 5.41) is 6.93. The zero-order valence-electron chi connectivity index (χ0n) is 11.6. The van der Waals surface area contributed by atoms with Crippen molar-refractivity contribution in [2.45, 2.75) is 44.2 Å². The van der Waals surface area contributed by atoms with Crippen LogP contribution < -0.4 is 10.2 Å². The van der Waals surface area contributed by atoms with Crippen LogP contribution in [0.25, 0.3) is 0 Å². The van der Waals surface area contributed by atoms with Crippen LogP contribution in [0.4, 0.5) is 5.13 Å². The van der Waals surface area contributed by atoms with Gasteiger partial charge in [-0.25, -0.2) is 4.98 Å². The lowest BCUT2D eigenvalue weighted by Crippen LogP contribution is -2.47. The molecular formula is C14H23N3OS. The molecule has 3 rings (SSSR count). The Morgan fingerprint density at radius 3 is 3.00 bits per heavy atom. The fourth-order valence-electron chi connectivity index (χ4n) is 2.98. The Morgan fingerprint density at radius 1 is 1.53 bits per heavy atom. The van der Waals surface area contributed by atoms with Crippen molar-refractivity contribution in [3.63, 3.8) is 0 Å². The molecule has 5 heteroatoms. The maximum Gasteiger partial charge on any atom is 0.185 e. The summed E-state index contributed by atoms with van der Waals surface area (Å²) < 4.78 is 5.83. The zero-order valence-corrected chi connectivity index (χ0v) is 12.4. The number of piperidine rings is 1. The number of hydrogen-bond donors (Lipinski definition) is 1. The Kier molecular flexibility index (Phi) is 4.05. The number of anilines is 1. The third kappa shape index (κ3) is 3.27. The molecule has 3 heterocycles. The fourth-order valence-corrected chi connectivity index (χ4v) is 3.68. The van der Waals surface area contributed by atoms with Gasteiger partial charge in [0.1, 0.15) is 0 Å². The predicted molar refractivity (Wildman–Crippen MR) is 78.9 cm³/mol. The molecular weight excluding hydrogens is 258 g/mol. The first kappa shape index (κ1) is 13.3. The van der Waals surface area contributed by atoms with Gasteiger partial charge in [0, 0.05) is 43.9 Å². The van der Waals surface area contributed by atoms with E-state index in [-0.39, 0.29) is 5.60 Å². The van der Waals surface area contributed by atoms with E-state index in [1.807, 2.05) is 6.20 Å². The molecule has 2 aliphatic rings. The number of hydrogen-bond acceptors (Lipinski definition) is 5. The Bertz CT molecular complexity index is 381. The first-order chi connectivity index (χ1) is 9.25. The van der Waals surface area contributed by atoms with Crippen molar-refractivity contribution in [2.75, 3.05) is 31.1 Å². The number of nitrogens with zero attached hydrogens (tertiary/aromatic N) is 2. The summed E-state index contributed by atoms with van der Waals surface area (Å²) in [4.78, 5) is 6.79. The smallest absolute Gasteiger partial charge is 0.185 e. The summed E-state index contributed by atoms with van der Waals surface area (Å²) in [7, 11) is 0. The highest BCUT2D eigenvalue weighted by atomic mass is 32.1. The molecule has 4 nitrogen and oxygen atoms in total. The van der Waals surface area contributed by atoms with Crippen LogP contribution in [0, 0.1) is 0 Å². The maximum absolute atomic E-state index is 5.83. The maximum atomic E-state index is 5.83. The Morgan fingerprint density at radius 2 is 2.37 bits per heavy atom. The SMILES string of the molecule is C[C@@]1(CNC2CCN(c3nccs3)CC2)CCCO1. The van der Waals surface area contributed by atoms with E-state index < -0.39 is 0 Å². The molecule has 106 valence electrons. The zero-order chi connectivity index (χ0) is 13.1. The monoisotopic (exact) mass is 281 g/mol. The topological polar surface area (TPSA) is 37.4 Å². The largest absolute Gasteiger partial charge is 0.374 e. The summed E-state index contributed by atoms with van der Waals surface area (Å²) in [6.07, 6.45) is 6.70. The average molecular weight is 281 g/mol. The molecule has 2 saturated heterocycles. The number of thiazole rings is 1. The second-order valence-corrected chi connectivity index (χ2v) is 6.73. The van der Waals surface area contributed by atoms with E-state index in [4.69, 9.17) is 4.74 Å². The predicted octanol–water partition coefficient (Wildman–Crippen LogP) is 2.27. The lowest BCUT2D eigenvalue weighted by Gasteiger charge is -2.34. The summed E-state index contributed by atoms with van der Waals surface area (Å²) in [5.41, 5.74) is 0.0758. The molecule has 0 aliphatic carbocycles. The van der Waals surface area contributed by atoms with Gasteiger partial charge >= 0.3 is 0 Å². The third-order valence-electron chi connectivity index (χ3n) is 4.25. The van der Waals surface area contributed by atoms with Gasteiger partial charge < -0.3 is 15.0 Å². The van der Waals surface area contributed by atoms with Gasteiger partial charge in [-0.1, -0.05) is 0 Å². The molecule has 1 atom stereocenters. The second-order valence-electron chi connectivity index (χ2n) is 5.86. The first-order valence-electron chi connectivity index (χ1n) is 7.27. The van der Waals surface area contributed by atoms with Crippen LogP contribution in [0.1, 0.15) is 32.6 Å². The van der Waals surface area contributed by atoms with Gasteiger partial charge in [0.05, 0.1) is 5.60 Å². The van der Waals surface area contributed by atoms with Crippen LogP contribution in [-0.4, -0.2) is 42.9 Å². The quantitative estimate of drug-likeness (QED) is 0.918. The van der Waals surface area contributed by atoms with Crippen LogP contribution >= 0.6 is 11.3 Å². The number of nitrogens with one attached hydrogen (secondary N) is 1. The number of aromatic nitrogens is 1. The summed E-state index contributed by atoms with van der Waals surface area (Å²) in [6.45, 7) is 6.39. The van der Waals surface area contributed by atoms with Gasteiger partial charge in [-0.3, -0.25) is 0 Å². The molecule has 0 unspecified atom stereocenters. The van der Waals surface area contributed by atoms with E-state index in [9.17, 15) is 0 Å². The second kappa shape index (κ2) is 5.77. The summed E-state index contributed by atoms with van der Waals surface area (Å²) in [6, 6.07) is 0.636. The molecule has 0 bridgehead atoms. The minimum Gasteiger partial charge on any atom is -0.374 e. The lowest BCUT2D eigenvalue weighted by atomic mass is 10.0. The third-order valence-corrected chi connectivity index (χ3v) is 5.08. The van der Waals surface area contributed by atoms with Gasteiger partial charge in [0.2, 0.25) is 0 Å². The van der Waals surface area contributed by atoms with E-state index in [1.54, 1.807) is 11.3 Å². The van der Waals surface area contributed by atoms with Crippen molar-refractivity contribution in [1.29, 1.82) is 0 Å². The molecule has 1 aromatic rings. The molecule has 0 radical (unpaired) electrons. The van der Waals surface area contributed by atoms with Crippen molar-refractivity contribution in [3.8, 4) is 0 Å². The highest BCUT2D eigenvalue weighted by molar-refractivity contribution is 7.13. The molecule has 2 aliphatic heterocycles. The van der Waals surface area contributed by atoms with Crippen molar-refractivity contribution in [3.05, 3.63) is 11.6 Å². The van der Waals surface area contributed by atoms with E-state index in [0.717, 1.165) is 26.2 Å². The van der Waals surface area contributed by atoms with Crippen LogP contribution in [0.3, 0.4) is 0 Å². The van der Waals surface area contributed by atoms with E-state index in [0.29, 0.717) is 6.04 Å². The Balaban J connectivity index is 1.43. The van der Waals surface area contributed by atoms with Crippen molar-refractivity contribution < 1.29 is 4.74 Å². The summed E-state index contributed by atoms with van der Waals surface area (Å²) in [5.74, 6) is 0. The molecule has 0 spiro atoms. The lowest BCUT2D eigenvalue weighted by molar-refractivity contribution is 0.0181. The van der Waals surface area contributed by atoms with Gasteiger partial charge in [-0.2, -0.15) is 0 Å². The van der Waals surface area contributed by atoms with Crippen molar-refractivity contribution in [2.24, 2.45) is 0 Å². The van der Waals surface area contributed by atoms with Crippen molar-refractivity contribution in [1.82, 2.24) is 10.3 Å². The standard InChI is InChI=1S/C14H23N3OS/c1-14(5-2-9-18-14)11-16-12-3-7-17(8-4-12)13-15-6-10-19-13/h6,10,12,16H,2-5,7-9,11H2,1H3/t14-/m0/s1. The molecule has 0 saturated carbocycles. The number of rotatable bonds is 4. The molecule has 19 heavy (non-hydrogen) atoms. The van der Waals surface area contributed by atoms with Crippen LogP contribution in [0.2, 0.25) is 0 Å². The Labute approximate surface area is 119 Å². The van der Waals surface area contributed by atoms with Crippen LogP contribution in [0.15, 0.2) is 11.6 Å². The van der Waals surface area contributed by atoms with Crippen molar-refractivity contribution >= 4 is 16.5 Å². The fraction of sp³-hybridized carbons (Fsp3) is 0.786. The average Bonchev–Trinajstić information content (AvgIpc) is 3.09. The van der Waals surface area contributed by atoms with E-state index >= 15 is 0 Å². The van der Waals surface area contributed by atoms with Gasteiger partial charge in [-0.15, -0.1) is 11.3 Å². The molecule has 0 amide bonds. The van der Waals surface area contributed by atoms with Crippen LogP contribution in [-0.2, 0) is 4.74 Å². The van der Waals surface area contributed by atoms with E-state index in [2.05, 4.69) is 27.5 Å². The summed E-state index contributed by atoms with van der Waals surface area (Å²) >= 11 is 1.74. The molecule has 0 aromatic carbocycles. The molecule has 1 aromatic heterocycles. The minimum absolute atomic E-state index is 0.0758.